The molecule has 0 aromatic carbocycles. The van der Waals surface area contributed by atoms with E-state index >= 15 is 0 Å². The third-order valence-electron chi connectivity index (χ3n) is 4.70. The van der Waals surface area contributed by atoms with Crippen LogP contribution in [0.25, 0.3) is 0 Å². The molecular weight excluding hydrogens is 278 g/mol. The molecule has 0 spiro atoms. The summed E-state index contributed by atoms with van der Waals surface area (Å²) in [6, 6.07) is 2.10. The summed E-state index contributed by atoms with van der Waals surface area (Å²) in [5.41, 5.74) is 2.61. The standard InChI is InChI=1S/C18H21NO3/c1-6-7-12-11(3)14(8-13(12)20)22-17(21)16-15(10(2)9-19)18(16,4)5/h6,14,16H,1,7-8H2,2-5H3/t14-,16-/m0/s1. The lowest BCUT2D eigenvalue weighted by Gasteiger charge is -2.13. The van der Waals surface area contributed by atoms with Gasteiger partial charge in [0.05, 0.1) is 18.4 Å². The van der Waals surface area contributed by atoms with E-state index in [4.69, 9.17) is 10.00 Å². The van der Waals surface area contributed by atoms with E-state index in [0.717, 1.165) is 11.1 Å². The quantitative estimate of drug-likeness (QED) is 0.454. The highest BCUT2D eigenvalue weighted by molar-refractivity contribution is 6.00. The van der Waals surface area contributed by atoms with E-state index in [9.17, 15) is 9.59 Å². The van der Waals surface area contributed by atoms with Crippen LogP contribution in [0.3, 0.4) is 0 Å². The minimum absolute atomic E-state index is 0.0224. The van der Waals surface area contributed by atoms with Crippen molar-refractivity contribution >= 4 is 11.8 Å². The van der Waals surface area contributed by atoms with Gasteiger partial charge in [0.2, 0.25) is 0 Å². The van der Waals surface area contributed by atoms with Crippen molar-refractivity contribution in [3.8, 4) is 6.07 Å². The highest BCUT2D eigenvalue weighted by Crippen LogP contribution is 2.59. The molecule has 4 heteroatoms. The number of hydrogen-bond donors (Lipinski definition) is 0. The maximum atomic E-state index is 12.4. The minimum atomic E-state index is -0.477. The fourth-order valence-electron chi connectivity index (χ4n) is 3.34. The van der Waals surface area contributed by atoms with Crippen LogP contribution < -0.4 is 0 Å². The van der Waals surface area contributed by atoms with Crippen LogP contribution in [-0.2, 0) is 14.3 Å². The summed E-state index contributed by atoms with van der Waals surface area (Å²) in [5.74, 6) is -0.695. The fraction of sp³-hybridized carbons (Fsp3) is 0.500. The molecule has 4 nitrogen and oxygen atoms in total. The summed E-state index contributed by atoms with van der Waals surface area (Å²) in [5, 5.41) is 9.01. The molecule has 2 aliphatic carbocycles. The third-order valence-corrected chi connectivity index (χ3v) is 4.70. The van der Waals surface area contributed by atoms with Crippen molar-refractivity contribution < 1.29 is 14.3 Å². The number of rotatable bonds is 4. The van der Waals surface area contributed by atoms with Gasteiger partial charge in [0.1, 0.15) is 6.10 Å². The number of allylic oxidation sites excluding steroid dienone is 3. The van der Waals surface area contributed by atoms with Gasteiger partial charge in [0, 0.05) is 16.6 Å². The Morgan fingerprint density at radius 2 is 2.18 bits per heavy atom. The van der Waals surface area contributed by atoms with E-state index in [1.54, 1.807) is 13.0 Å². The van der Waals surface area contributed by atoms with Gasteiger partial charge in [0.15, 0.2) is 5.78 Å². The van der Waals surface area contributed by atoms with Gasteiger partial charge in [-0.15, -0.1) is 6.58 Å². The molecule has 116 valence electrons. The number of hydrogen-bond acceptors (Lipinski definition) is 4. The first-order valence-corrected chi connectivity index (χ1v) is 7.41. The molecule has 1 saturated carbocycles. The van der Waals surface area contributed by atoms with E-state index in [1.807, 2.05) is 20.8 Å². The largest absolute Gasteiger partial charge is 0.457 e. The molecule has 0 aromatic rings. The van der Waals surface area contributed by atoms with Crippen LogP contribution in [0.15, 0.2) is 34.9 Å². The van der Waals surface area contributed by atoms with Crippen molar-refractivity contribution in [1.29, 1.82) is 5.26 Å². The summed E-state index contributed by atoms with van der Waals surface area (Å²) in [4.78, 5) is 24.4. The number of esters is 1. The van der Waals surface area contributed by atoms with Gasteiger partial charge in [0.25, 0.3) is 0 Å². The predicted molar refractivity (Wildman–Crippen MR) is 82.6 cm³/mol. The Morgan fingerprint density at radius 3 is 2.73 bits per heavy atom. The Labute approximate surface area is 131 Å². The second-order valence-corrected chi connectivity index (χ2v) is 6.51. The minimum Gasteiger partial charge on any atom is -0.457 e. The number of carbonyl (C=O) groups excluding carboxylic acids is 2. The Balaban J connectivity index is 2.14. The van der Waals surface area contributed by atoms with E-state index in [0.29, 0.717) is 17.6 Å². The first-order chi connectivity index (χ1) is 10.3. The molecule has 1 fully saturated rings. The van der Waals surface area contributed by atoms with Gasteiger partial charge in [-0.25, -0.2) is 0 Å². The van der Waals surface area contributed by atoms with Crippen LogP contribution in [0.2, 0.25) is 0 Å². The molecule has 0 N–H and O–H groups in total. The molecule has 2 atom stereocenters. The first-order valence-electron chi connectivity index (χ1n) is 7.41. The average Bonchev–Trinajstić information content (AvgIpc) is 2.95. The molecule has 0 bridgehead atoms. The Bertz CT molecular complexity index is 658. The van der Waals surface area contributed by atoms with E-state index in [2.05, 4.69) is 12.6 Å². The second kappa shape index (κ2) is 5.57. The Kier molecular flexibility index (Phi) is 4.10. The van der Waals surface area contributed by atoms with Crippen LogP contribution >= 0.6 is 0 Å². The summed E-state index contributed by atoms with van der Waals surface area (Å²) in [7, 11) is 0. The molecule has 22 heavy (non-hydrogen) atoms. The summed E-state index contributed by atoms with van der Waals surface area (Å²) in [6.07, 6.45) is 1.92. The zero-order valence-corrected chi connectivity index (χ0v) is 13.5. The lowest BCUT2D eigenvalue weighted by Crippen LogP contribution is -2.20. The summed E-state index contributed by atoms with van der Waals surface area (Å²) in [6.45, 7) is 11.1. The highest BCUT2D eigenvalue weighted by atomic mass is 16.5. The molecule has 2 aliphatic rings. The van der Waals surface area contributed by atoms with Gasteiger partial charge in [-0.1, -0.05) is 19.9 Å². The van der Waals surface area contributed by atoms with Crippen LogP contribution in [0.4, 0.5) is 0 Å². The SMILES string of the molecule is C=CCC1=C(C)[C@@H](OC(=O)[C@@H]2C(=C(C)C#N)C2(C)C)CC1=O. The molecule has 0 unspecified atom stereocenters. The molecule has 0 aliphatic heterocycles. The van der Waals surface area contributed by atoms with Crippen LogP contribution in [-0.4, -0.2) is 17.9 Å². The lowest BCUT2D eigenvalue weighted by molar-refractivity contribution is -0.149. The summed E-state index contributed by atoms with van der Waals surface area (Å²) >= 11 is 0. The van der Waals surface area contributed by atoms with Crippen LogP contribution in [0.5, 0.6) is 0 Å². The second-order valence-electron chi connectivity index (χ2n) is 6.51. The molecule has 0 amide bonds. The fourth-order valence-corrected chi connectivity index (χ4v) is 3.34. The van der Waals surface area contributed by atoms with Crippen molar-refractivity contribution in [2.45, 2.75) is 46.6 Å². The normalized spacial score (nSPS) is 28.2. The number of nitriles is 1. The van der Waals surface area contributed by atoms with Crippen LogP contribution in [0.1, 0.15) is 40.5 Å². The average molecular weight is 299 g/mol. The Hall–Kier alpha value is -2.15. The smallest absolute Gasteiger partial charge is 0.314 e. The van der Waals surface area contributed by atoms with Gasteiger partial charge >= 0.3 is 5.97 Å². The van der Waals surface area contributed by atoms with Gasteiger partial charge in [-0.3, -0.25) is 9.59 Å². The Morgan fingerprint density at radius 1 is 1.55 bits per heavy atom. The predicted octanol–water partition coefficient (Wildman–Crippen LogP) is 3.26. The lowest BCUT2D eigenvalue weighted by atomic mass is 10.1. The molecule has 0 saturated heterocycles. The zero-order chi connectivity index (χ0) is 16.7. The van der Waals surface area contributed by atoms with Gasteiger partial charge in [-0.2, -0.15) is 5.26 Å². The number of nitrogens with zero attached hydrogens (tertiary/aromatic N) is 1. The first kappa shape index (κ1) is 16.2. The van der Waals surface area contributed by atoms with Crippen molar-refractivity contribution in [3.05, 3.63) is 34.9 Å². The van der Waals surface area contributed by atoms with Crippen molar-refractivity contribution in [2.75, 3.05) is 0 Å². The highest BCUT2D eigenvalue weighted by Gasteiger charge is 2.59. The third kappa shape index (κ3) is 2.52. The van der Waals surface area contributed by atoms with Crippen molar-refractivity contribution in [1.82, 2.24) is 0 Å². The maximum absolute atomic E-state index is 12.4. The molecule has 0 aromatic heterocycles. The zero-order valence-electron chi connectivity index (χ0n) is 13.5. The van der Waals surface area contributed by atoms with Crippen molar-refractivity contribution in [2.24, 2.45) is 11.3 Å². The van der Waals surface area contributed by atoms with Crippen LogP contribution in [0, 0.1) is 22.7 Å². The molecule has 0 radical (unpaired) electrons. The molecule has 2 rings (SSSR count). The number of Topliss-reactive ketones (excluding diaryl/α,β-unsaturated/α-hetero) is 1. The van der Waals surface area contributed by atoms with Gasteiger partial charge < -0.3 is 4.74 Å². The number of carbonyl (C=O) groups is 2. The van der Waals surface area contributed by atoms with E-state index in [-0.39, 0.29) is 29.5 Å². The number of ketones is 1. The topological polar surface area (TPSA) is 67.2 Å². The monoisotopic (exact) mass is 299 g/mol. The summed E-state index contributed by atoms with van der Waals surface area (Å²) < 4.78 is 5.56. The number of ether oxygens (including phenoxy) is 1. The molecule has 0 heterocycles. The molecular formula is C18H21NO3. The van der Waals surface area contributed by atoms with Crippen molar-refractivity contribution in [3.63, 3.8) is 0 Å². The van der Waals surface area contributed by atoms with Gasteiger partial charge in [-0.05, 0) is 31.4 Å². The van der Waals surface area contributed by atoms with E-state index < -0.39 is 6.10 Å². The maximum Gasteiger partial charge on any atom is 0.314 e. The van der Waals surface area contributed by atoms with E-state index in [1.165, 1.54) is 0 Å².